The second kappa shape index (κ2) is 6.98. The lowest BCUT2D eigenvalue weighted by Crippen LogP contribution is -2.18. The van der Waals surface area contributed by atoms with Crippen LogP contribution in [0.25, 0.3) is 0 Å². The number of rotatable bonds is 4. The van der Waals surface area contributed by atoms with Crippen molar-refractivity contribution in [3.8, 4) is 0 Å². The van der Waals surface area contributed by atoms with E-state index in [-0.39, 0.29) is 4.91 Å². The molecule has 1 aromatic carbocycles. The van der Waals surface area contributed by atoms with Gasteiger partial charge in [-0.2, -0.15) is 0 Å². The summed E-state index contributed by atoms with van der Waals surface area (Å²) in [7, 11) is 0. The number of thioether (sulfide) groups is 1. The molecule has 2 heterocycles. The van der Waals surface area contributed by atoms with Crippen molar-refractivity contribution >= 4 is 45.3 Å². The summed E-state index contributed by atoms with van der Waals surface area (Å²) in [6, 6.07) is 8.20. The highest BCUT2D eigenvalue weighted by molar-refractivity contribution is 8.18. The molecule has 6 nitrogen and oxygen atoms in total. The van der Waals surface area contributed by atoms with Gasteiger partial charge in [0, 0.05) is 23.6 Å². The number of amides is 3. The number of aromatic nitrogens is 1. The number of nitrogens with one attached hydrogen (secondary N) is 2. The van der Waals surface area contributed by atoms with E-state index in [0.29, 0.717) is 16.9 Å². The van der Waals surface area contributed by atoms with Crippen LogP contribution in [0.15, 0.2) is 41.4 Å². The van der Waals surface area contributed by atoms with Gasteiger partial charge in [0.1, 0.15) is 0 Å². The summed E-state index contributed by atoms with van der Waals surface area (Å²) >= 11 is 2.08. The fraction of sp³-hybridized carbons (Fsp3) is 0.125. The van der Waals surface area contributed by atoms with E-state index in [2.05, 4.69) is 21.7 Å². The van der Waals surface area contributed by atoms with Crippen LogP contribution in [-0.4, -0.2) is 22.0 Å². The number of carbonyl (C=O) groups is 3. The molecule has 122 valence electrons. The molecular formula is C16H13N3O3S2. The van der Waals surface area contributed by atoms with Gasteiger partial charge in [0.15, 0.2) is 5.13 Å². The van der Waals surface area contributed by atoms with Crippen LogP contribution in [0, 0.1) is 6.92 Å². The maximum Gasteiger partial charge on any atom is 0.290 e. The largest absolute Gasteiger partial charge is 0.298 e. The van der Waals surface area contributed by atoms with Crippen LogP contribution >= 0.6 is 23.1 Å². The van der Waals surface area contributed by atoms with Crippen molar-refractivity contribution in [3.05, 3.63) is 57.4 Å². The summed E-state index contributed by atoms with van der Waals surface area (Å²) in [6.07, 6.45) is 3.56. The Morgan fingerprint density at radius 2 is 2.21 bits per heavy atom. The Morgan fingerprint density at radius 1 is 1.38 bits per heavy atom. The Kier molecular flexibility index (Phi) is 4.77. The van der Waals surface area contributed by atoms with Gasteiger partial charge in [0.2, 0.25) is 0 Å². The van der Waals surface area contributed by atoms with E-state index in [4.69, 9.17) is 0 Å². The van der Waals surface area contributed by atoms with Gasteiger partial charge in [-0.05, 0) is 24.2 Å². The number of anilines is 1. The van der Waals surface area contributed by atoms with Gasteiger partial charge in [-0.1, -0.05) is 29.8 Å². The van der Waals surface area contributed by atoms with Crippen molar-refractivity contribution in [2.24, 2.45) is 0 Å². The van der Waals surface area contributed by atoms with Crippen molar-refractivity contribution in [2.45, 2.75) is 13.3 Å². The van der Waals surface area contributed by atoms with Crippen molar-refractivity contribution in [3.63, 3.8) is 0 Å². The summed E-state index contributed by atoms with van der Waals surface area (Å²) in [5, 5.41) is 4.68. The zero-order valence-electron chi connectivity index (χ0n) is 12.7. The molecule has 0 bridgehead atoms. The smallest absolute Gasteiger partial charge is 0.290 e. The SMILES string of the molecule is Cc1cccc(Cc2cnc(NC(=O)C=C3SC(=O)NC3=O)s2)c1. The summed E-state index contributed by atoms with van der Waals surface area (Å²) in [5.41, 5.74) is 2.37. The van der Waals surface area contributed by atoms with E-state index < -0.39 is 17.1 Å². The van der Waals surface area contributed by atoms with Gasteiger partial charge in [-0.15, -0.1) is 11.3 Å². The van der Waals surface area contributed by atoms with Crippen LogP contribution in [0.4, 0.5) is 9.93 Å². The first kappa shape index (κ1) is 16.4. The molecule has 3 rings (SSSR count). The Hall–Kier alpha value is -2.45. The lowest BCUT2D eigenvalue weighted by Gasteiger charge is -1.99. The predicted octanol–water partition coefficient (Wildman–Crippen LogP) is 2.85. The first-order chi connectivity index (χ1) is 11.5. The minimum atomic E-state index is -0.556. The van der Waals surface area contributed by atoms with E-state index in [1.165, 1.54) is 22.5 Å². The Balaban J connectivity index is 1.63. The highest BCUT2D eigenvalue weighted by Gasteiger charge is 2.26. The number of hydrogen-bond donors (Lipinski definition) is 2. The topological polar surface area (TPSA) is 88.2 Å². The summed E-state index contributed by atoms with van der Waals surface area (Å²) in [4.78, 5) is 39.6. The van der Waals surface area contributed by atoms with E-state index in [0.717, 1.165) is 17.4 Å². The molecule has 3 amide bonds. The van der Waals surface area contributed by atoms with Crippen molar-refractivity contribution in [2.75, 3.05) is 5.32 Å². The molecular weight excluding hydrogens is 346 g/mol. The number of benzene rings is 1. The highest BCUT2D eigenvalue weighted by atomic mass is 32.2. The third-order valence-electron chi connectivity index (χ3n) is 3.15. The van der Waals surface area contributed by atoms with E-state index >= 15 is 0 Å². The zero-order valence-corrected chi connectivity index (χ0v) is 14.3. The summed E-state index contributed by atoms with van der Waals surface area (Å²) in [6.45, 7) is 2.04. The van der Waals surface area contributed by atoms with Gasteiger partial charge < -0.3 is 0 Å². The average Bonchev–Trinajstić information content (AvgIpc) is 3.05. The average molecular weight is 359 g/mol. The van der Waals surface area contributed by atoms with Crippen LogP contribution < -0.4 is 10.6 Å². The number of nitrogens with zero attached hydrogens (tertiary/aromatic N) is 1. The monoisotopic (exact) mass is 359 g/mol. The van der Waals surface area contributed by atoms with Gasteiger partial charge >= 0.3 is 0 Å². The molecule has 2 aromatic rings. The molecule has 24 heavy (non-hydrogen) atoms. The standard InChI is InChI=1S/C16H13N3O3S2/c1-9-3-2-4-10(5-9)6-11-8-17-15(23-11)18-13(20)7-12-14(21)19-16(22)24-12/h2-5,7-8H,6H2,1H3,(H,17,18,20)(H,19,21,22). The van der Waals surface area contributed by atoms with E-state index in [1.807, 2.05) is 25.1 Å². The molecule has 1 aliphatic heterocycles. The molecule has 1 fully saturated rings. The maximum absolute atomic E-state index is 11.9. The highest BCUT2D eigenvalue weighted by Crippen LogP contribution is 2.24. The second-order valence-electron chi connectivity index (χ2n) is 5.14. The normalized spacial score (nSPS) is 15.6. The van der Waals surface area contributed by atoms with Gasteiger partial charge in [-0.3, -0.25) is 25.0 Å². The van der Waals surface area contributed by atoms with Crippen LogP contribution in [0.3, 0.4) is 0 Å². The number of imide groups is 1. The van der Waals surface area contributed by atoms with Crippen LogP contribution in [0.2, 0.25) is 0 Å². The number of carbonyl (C=O) groups excluding carboxylic acids is 3. The number of hydrogen-bond acceptors (Lipinski definition) is 6. The first-order valence-electron chi connectivity index (χ1n) is 7.06. The zero-order chi connectivity index (χ0) is 17.1. The molecule has 0 atom stereocenters. The molecule has 0 radical (unpaired) electrons. The Morgan fingerprint density at radius 3 is 2.92 bits per heavy atom. The minimum absolute atomic E-state index is 0.0778. The summed E-state index contributed by atoms with van der Waals surface area (Å²) < 4.78 is 0. The van der Waals surface area contributed by atoms with Gasteiger partial charge in [-0.25, -0.2) is 4.98 Å². The fourth-order valence-electron chi connectivity index (χ4n) is 2.15. The molecule has 1 aliphatic rings. The first-order valence-corrected chi connectivity index (χ1v) is 8.69. The van der Waals surface area contributed by atoms with Gasteiger partial charge in [0.25, 0.3) is 17.1 Å². The fourth-order valence-corrected chi connectivity index (χ4v) is 3.65. The van der Waals surface area contributed by atoms with Crippen molar-refractivity contribution in [1.82, 2.24) is 10.3 Å². The quantitative estimate of drug-likeness (QED) is 0.820. The van der Waals surface area contributed by atoms with Crippen molar-refractivity contribution in [1.29, 1.82) is 0 Å². The minimum Gasteiger partial charge on any atom is -0.298 e. The Bertz CT molecular complexity index is 858. The maximum atomic E-state index is 11.9. The van der Waals surface area contributed by atoms with Crippen molar-refractivity contribution < 1.29 is 14.4 Å². The molecule has 0 spiro atoms. The lowest BCUT2D eigenvalue weighted by molar-refractivity contribution is -0.116. The molecule has 0 unspecified atom stereocenters. The third-order valence-corrected chi connectivity index (χ3v) is 4.87. The van der Waals surface area contributed by atoms with E-state index in [1.54, 1.807) is 6.20 Å². The molecule has 1 saturated heterocycles. The molecule has 8 heteroatoms. The summed E-state index contributed by atoms with van der Waals surface area (Å²) in [5.74, 6) is -1.04. The van der Waals surface area contributed by atoms with Gasteiger partial charge in [0.05, 0.1) is 4.91 Å². The molecule has 0 aliphatic carbocycles. The van der Waals surface area contributed by atoms with Crippen LogP contribution in [-0.2, 0) is 16.0 Å². The second-order valence-corrected chi connectivity index (χ2v) is 7.27. The number of aryl methyl sites for hydroxylation is 1. The lowest BCUT2D eigenvalue weighted by atomic mass is 10.1. The predicted molar refractivity (Wildman–Crippen MR) is 93.9 cm³/mol. The molecule has 1 aromatic heterocycles. The Labute approximate surface area is 146 Å². The van der Waals surface area contributed by atoms with E-state index in [9.17, 15) is 14.4 Å². The van der Waals surface area contributed by atoms with Crippen LogP contribution in [0.1, 0.15) is 16.0 Å². The molecule has 2 N–H and O–H groups in total. The molecule has 0 saturated carbocycles. The van der Waals surface area contributed by atoms with Crippen LogP contribution in [0.5, 0.6) is 0 Å². The number of thiazole rings is 1. The third kappa shape index (κ3) is 4.09.